The van der Waals surface area contributed by atoms with Crippen LogP contribution in [-0.2, 0) is 6.18 Å². The summed E-state index contributed by atoms with van der Waals surface area (Å²) in [6.45, 7) is 1.67. The molecule has 1 unspecified atom stereocenters. The van der Waals surface area contributed by atoms with E-state index in [9.17, 15) is 18.0 Å². The first-order valence-electron chi connectivity index (χ1n) is 6.51. The van der Waals surface area contributed by atoms with Gasteiger partial charge in [-0.1, -0.05) is 28.1 Å². The van der Waals surface area contributed by atoms with Crippen molar-refractivity contribution in [3.05, 3.63) is 64.1 Å². The zero-order valence-corrected chi connectivity index (χ0v) is 13.2. The van der Waals surface area contributed by atoms with Crippen molar-refractivity contribution in [3.63, 3.8) is 0 Å². The van der Waals surface area contributed by atoms with Crippen LogP contribution in [0.15, 0.2) is 53.0 Å². The molecule has 0 heterocycles. The summed E-state index contributed by atoms with van der Waals surface area (Å²) in [5, 5.41) is 2.90. The molecule has 2 aromatic carbocycles. The highest BCUT2D eigenvalue weighted by molar-refractivity contribution is 9.10. The van der Waals surface area contributed by atoms with Crippen molar-refractivity contribution < 1.29 is 18.0 Å². The molecule has 6 heteroatoms. The van der Waals surface area contributed by atoms with Crippen molar-refractivity contribution in [1.82, 2.24) is 0 Å². The fourth-order valence-electron chi connectivity index (χ4n) is 1.94. The molecule has 0 spiro atoms. The minimum absolute atomic E-state index is 0.132. The lowest BCUT2D eigenvalue weighted by Crippen LogP contribution is -2.26. The summed E-state index contributed by atoms with van der Waals surface area (Å²) < 4.78 is 38.3. The van der Waals surface area contributed by atoms with Crippen LogP contribution in [0.3, 0.4) is 0 Å². The van der Waals surface area contributed by atoms with Gasteiger partial charge in [-0.2, -0.15) is 13.2 Å². The molecule has 0 aromatic heterocycles. The van der Waals surface area contributed by atoms with Crippen molar-refractivity contribution in [2.45, 2.75) is 19.1 Å². The van der Waals surface area contributed by atoms with E-state index in [0.717, 1.165) is 16.6 Å². The molecule has 1 atom stereocenters. The number of rotatable bonds is 4. The highest BCUT2D eigenvalue weighted by Crippen LogP contribution is 2.30. The summed E-state index contributed by atoms with van der Waals surface area (Å²) in [5.41, 5.74) is 0.283. The maximum absolute atomic E-state index is 12.5. The minimum Gasteiger partial charge on any atom is -0.375 e. The second-order valence-electron chi connectivity index (χ2n) is 4.81. The number of nitrogens with one attached hydrogen (secondary N) is 1. The number of carbonyl (C=O) groups excluding carboxylic acids is 1. The third kappa shape index (κ3) is 4.10. The molecular formula is C16H13BrF3NO. The van der Waals surface area contributed by atoms with E-state index in [2.05, 4.69) is 21.2 Å². The number of alkyl halides is 3. The van der Waals surface area contributed by atoms with Crippen LogP contribution >= 0.6 is 15.9 Å². The Labute approximate surface area is 134 Å². The summed E-state index contributed by atoms with van der Waals surface area (Å²) in [7, 11) is 0. The van der Waals surface area contributed by atoms with Crippen molar-refractivity contribution in [1.29, 1.82) is 0 Å². The van der Waals surface area contributed by atoms with Gasteiger partial charge in [-0.15, -0.1) is 0 Å². The highest BCUT2D eigenvalue weighted by atomic mass is 79.9. The lowest BCUT2D eigenvalue weighted by Gasteiger charge is -2.15. The monoisotopic (exact) mass is 371 g/mol. The normalized spacial score (nSPS) is 12.8. The first kappa shape index (κ1) is 16.5. The standard InChI is InChI=1S/C16H13BrF3NO/c1-10(15(22)11-2-6-13(17)7-3-11)21-14-8-4-12(5-9-14)16(18,19)20/h2-10,21H,1H3. The Kier molecular flexibility index (Phi) is 4.90. The molecule has 116 valence electrons. The fourth-order valence-corrected chi connectivity index (χ4v) is 2.20. The van der Waals surface area contributed by atoms with E-state index in [4.69, 9.17) is 0 Å². The molecule has 0 aliphatic rings. The summed E-state index contributed by atoms with van der Waals surface area (Å²) in [5.74, 6) is -0.132. The Morgan fingerprint density at radius 3 is 2.09 bits per heavy atom. The molecule has 0 saturated carbocycles. The lowest BCUT2D eigenvalue weighted by molar-refractivity contribution is -0.137. The van der Waals surface area contributed by atoms with Crippen LogP contribution < -0.4 is 5.32 Å². The van der Waals surface area contributed by atoms with Crippen LogP contribution in [0, 0.1) is 0 Å². The van der Waals surface area contributed by atoms with E-state index >= 15 is 0 Å². The quantitative estimate of drug-likeness (QED) is 0.752. The van der Waals surface area contributed by atoms with Crippen molar-refractivity contribution >= 4 is 27.4 Å². The number of benzene rings is 2. The average molecular weight is 372 g/mol. The van der Waals surface area contributed by atoms with E-state index in [0.29, 0.717) is 11.3 Å². The number of Topliss-reactive ketones (excluding diaryl/α,β-unsaturated/α-hetero) is 1. The van der Waals surface area contributed by atoms with Gasteiger partial charge in [0, 0.05) is 15.7 Å². The smallest absolute Gasteiger partial charge is 0.375 e. The van der Waals surface area contributed by atoms with Crippen molar-refractivity contribution in [2.24, 2.45) is 0 Å². The summed E-state index contributed by atoms with van der Waals surface area (Å²) in [6.07, 6.45) is -4.36. The van der Waals surface area contributed by atoms with E-state index in [1.54, 1.807) is 31.2 Å². The van der Waals surface area contributed by atoms with Gasteiger partial charge in [-0.05, 0) is 43.3 Å². The topological polar surface area (TPSA) is 29.1 Å². The van der Waals surface area contributed by atoms with Gasteiger partial charge in [0.2, 0.25) is 0 Å². The SMILES string of the molecule is CC(Nc1ccc(C(F)(F)F)cc1)C(=O)c1ccc(Br)cc1. The lowest BCUT2D eigenvalue weighted by atomic mass is 10.1. The number of hydrogen-bond acceptors (Lipinski definition) is 2. The highest BCUT2D eigenvalue weighted by Gasteiger charge is 2.30. The van der Waals surface area contributed by atoms with Gasteiger partial charge in [-0.3, -0.25) is 4.79 Å². The van der Waals surface area contributed by atoms with Crippen LogP contribution in [0.4, 0.5) is 18.9 Å². The van der Waals surface area contributed by atoms with Crippen LogP contribution in [0.2, 0.25) is 0 Å². The first-order valence-corrected chi connectivity index (χ1v) is 7.30. The second-order valence-corrected chi connectivity index (χ2v) is 5.73. The van der Waals surface area contributed by atoms with Crippen LogP contribution in [0.5, 0.6) is 0 Å². The Balaban J connectivity index is 2.06. The van der Waals surface area contributed by atoms with Crippen molar-refractivity contribution in [3.8, 4) is 0 Å². The molecule has 0 bridgehead atoms. The largest absolute Gasteiger partial charge is 0.416 e. The van der Waals surface area contributed by atoms with Crippen LogP contribution in [0.25, 0.3) is 0 Å². The van der Waals surface area contributed by atoms with Gasteiger partial charge in [-0.25, -0.2) is 0 Å². The van der Waals surface area contributed by atoms with Crippen LogP contribution in [-0.4, -0.2) is 11.8 Å². The third-order valence-corrected chi connectivity index (χ3v) is 3.65. The minimum atomic E-state index is -4.36. The molecule has 0 aliphatic heterocycles. The Hall–Kier alpha value is -1.82. The Bertz CT molecular complexity index is 651. The molecule has 22 heavy (non-hydrogen) atoms. The Morgan fingerprint density at radius 2 is 1.59 bits per heavy atom. The molecule has 2 rings (SSSR count). The summed E-state index contributed by atoms with van der Waals surface area (Å²) in [4.78, 5) is 12.2. The summed E-state index contributed by atoms with van der Waals surface area (Å²) in [6, 6.07) is 11.0. The molecule has 0 amide bonds. The van der Waals surface area contributed by atoms with Gasteiger partial charge < -0.3 is 5.32 Å². The predicted molar refractivity (Wildman–Crippen MR) is 83.0 cm³/mol. The maximum Gasteiger partial charge on any atom is 0.416 e. The second kappa shape index (κ2) is 6.52. The first-order chi connectivity index (χ1) is 10.3. The molecule has 0 radical (unpaired) electrons. The third-order valence-electron chi connectivity index (χ3n) is 3.12. The molecule has 0 fully saturated rings. The van der Waals surface area contributed by atoms with Gasteiger partial charge >= 0.3 is 6.18 Å². The molecule has 2 aromatic rings. The molecule has 0 saturated heterocycles. The van der Waals surface area contributed by atoms with Gasteiger partial charge in [0.05, 0.1) is 11.6 Å². The fraction of sp³-hybridized carbons (Fsp3) is 0.188. The average Bonchev–Trinajstić information content (AvgIpc) is 2.47. The number of carbonyl (C=O) groups is 1. The molecular weight excluding hydrogens is 359 g/mol. The molecule has 0 aliphatic carbocycles. The van der Waals surface area contributed by atoms with Crippen molar-refractivity contribution in [2.75, 3.05) is 5.32 Å². The van der Waals surface area contributed by atoms with E-state index in [-0.39, 0.29) is 5.78 Å². The van der Waals surface area contributed by atoms with Gasteiger partial charge in [0.15, 0.2) is 5.78 Å². The zero-order valence-electron chi connectivity index (χ0n) is 11.6. The molecule has 2 nitrogen and oxygen atoms in total. The number of halogens is 4. The van der Waals surface area contributed by atoms with E-state index in [1.807, 2.05) is 0 Å². The maximum atomic E-state index is 12.5. The van der Waals surface area contributed by atoms with E-state index < -0.39 is 17.8 Å². The zero-order chi connectivity index (χ0) is 16.3. The Morgan fingerprint density at radius 1 is 1.05 bits per heavy atom. The predicted octanol–water partition coefficient (Wildman–Crippen LogP) is 5.15. The molecule has 1 N–H and O–H groups in total. The van der Waals surface area contributed by atoms with Gasteiger partial charge in [0.25, 0.3) is 0 Å². The number of anilines is 1. The number of hydrogen-bond donors (Lipinski definition) is 1. The van der Waals surface area contributed by atoms with E-state index in [1.165, 1.54) is 12.1 Å². The summed E-state index contributed by atoms with van der Waals surface area (Å²) >= 11 is 3.29. The van der Waals surface area contributed by atoms with Crippen LogP contribution in [0.1, 0.15) is 22.8 Å². The number of ketones is 1. The van der Waals surface area contributed by atoms with Gasteiger partial charge in [0.1, 0.15) is 0 Å².